The molecule has 1 saturated heterocycles. The Kier molecular flexibility index (Phi) is 3.73. The van der Waals surface area contributed by atoms with Gasteiger partial charge < -0.3 is 14.8 Å². The molecule has 7 heteroatoms. The first-order valence-electron chi connectivity index (χ1n) is 8.13. The summed E-state index contributed by atoms with van der Waals surface area (Å²) in [6.07, 6.45) is 4.37. The van der Waals surface area contributed by atoms with Crippen LogP contribution in [0.3, 0.4) is 0 Å². The van der Waals surface area contributed by atoms with Crippen LogP contribution in [-0.4, -0.2) is 41.1 Å². The van der Waals surface area contributed by atoms with E-state index in [4.69, 9.17) is 5.26 Å². The normalized spacial score (nSPS) is 17.0. The number of rotatable bonds is 3. The van der Waals surface area contributed by atoms with Gasteiger partial charge in [0.05, 0.1) is 10.9 Å². The standard InChI is InChI=1S/C18H17FN6/c1-24(18-15-4-6-21-17(15)22-11-23-18)14-5-7-25(10-14)13-3-2-12(9-20)16(19)8-13/h2-4,6,8,11,14H,5,7,10H2,1H3,(H,21,22,23)/t14-/m1/s1. The molecule has 0 bridgehead atoms. The van der Waals surface area contributed by atoms with Gasteiger partial charge in [-0.25, -0.2) is 14.4 Å². The van der Waals surface area contributed by atoms with Crippen molar-refractivity contribution < 1.29 is 4.39 Å². The van der Waals surface area contributed by atoms with Crippen LogP contribution in [0.15, 0.2) is 36.8 Å². The number of nitriles is 1. The first-order chi connectivity index (χ1) is 12.2. The van der Waals surface area contributed by atoms with E-state index >= 15 is 0 Å². The number of halogens is 1. The SMILES string of the molecule is CN(c1ncnc2[nH]ccc12)[C@@H]1CCN(c2ccc(C#N)c(F)c2)C1. The lowest BCUT2D eigenvalue weighted by Gasteiger charge is -2.26. The molecular formula is C18H17FN6. The predicted octanol–water partition coefficient (Wildman–Crippen LogP) is 2.68. The number of likely N-dealkylation sites (N-methyl/N-ethyl adjacent to an activating group) is 1. The molecule has 1 N–H and O–H groups in total. The van der Waals surface area contributed by atoms with Gasteiger partial charge in [-0.2, -0.15) is 5.26 Å². The summed E-state index contributed by atoms with van der Waals surface area (Å²) in [5, 5.41) is 9.85. The molecule has 3 heterocycles. The van der Waals surface area contributed by atoms with E-state index in [0.29, 0.717) is 0 Å². The van der Waals surface area contributed by atoms with Gasteiger partial charge in [-0.05, 0) is 30.7 Å². The number of nitrogens with zero attached hydrogens (tertiary/aromatic N) is 5. The minimum Gasteiger partial charge on any atom is -0.369 e. The predicted molar refractivity (Wildman–Crippen MR) is 94.0 cm³/mol. The van der Waals surface area contributed by atoms with E-state index in [1.165, 1.54) is 12.1 Å². The fraction of sp³-hybridized carbons (Fsp3) is 0.278. The number of aromatic nitrogens is 3. The largest absolute Gasteiger partial charge is 0.369 e. The van der Waals surface area contributed by atoms with Gasteiger partial charge in [-0.1, -0.05) is 0 Å². The Bertz CT molecular complexity index is 960. The number of anilines is 2. The number of hydrogen-bond acceptors (Lipinski definition) is 5. The first kappa shape index (κ1) is 15.4. The van der Waals surface area contributed by atoms with Gasteiger partial charge in [0, 0.05) is 38.1 Å². The Morgan fingerprint density at radius 2 is 2.24 bits per heavy atom. The molecule has 0 spiro atoms. The van der Waals surface area contributed by atoms with E-state index < -0.39 is 5.82 Å². The lowest BCUT2D eigenvalue weighted by Crippen LogP contribution is -2.35. The maximum absolute atomic E-state index is 13.9. The van der Waals surface area contributed by atoms with Crippen molar-refractivity contribution in [2.45, 2.75) is 12.5 Å². The molecule has 0 aliphatic carbocycles. The lowest BCUT2D eigenvalue weighted by atomic mass is 10.2. The van der Waals surface area contributed by atoms with Crippen molar-refractivity contribution in [2.75, 3.05) is 29.9 Å². The van der Waals surface area contributed by atoms with Crippen LogP contribution in [0.4, 0.5) is 15.9 Å². The minimum atomic E-state index is -0.471. The summed E-state index contributed by atoms with van der Waals surface area (Å²) >= 11 is 0. The number of fused-ring (bicyclic) bond motifs is 1. The average Bonchev–Trinajstić information content (AvgIpc) is 3.30. The number of H-pyrrole nitrogens is 1. The van der Waals surface area contributed by atoms with Crippen molar-refractivity contribution in [3.63, 3.8) is 0 Å². The molecule has 1 aliphatic rings. The van der Waals surface area contributed by atoms with Gasteiger partial charge in [0.25, 0.3) is 0 Å². The summed E-state index contributed by atoms with van der Waals surface area (Å²) < 4.78 is 13.9. The lowest BCUT2D eigenvalue weighted by molar-refractivity contribution is 0.623. The Hall–Kier alpha value is -3.14. The van der Waals surface area contributed by atoms with Gasteiger partial charge >= 0.3 is 0 Å². The summed E-state index contributed by atoms with van der Waals surface area (Å²) in [5.74, 6) is 0.422. The van der Waals surface area contributed by atoms with E-state index in [1.807, 2.05) is 25.4 Å². The van der Waals surface area contributed by atoms with Gasteiger partial charge in [0.1, 0.15) is 29.7 Å². The number of nitrogens with one attached hydrogen (secondary N) is 1. The molecule has 0 amide bonds. The molecule has 2 aromatic heterocycles. The molecule has 0 saturated carbocycles. The van der Waals surface area contributed by atoms with E-state index in [0.717, 1.165) is 42.0 Å². The second kappa shape index (κ2) is 6.06. The third kappa shape index (κ3) is 2.66. The zero-order valence-electron chi connectivity index (χ0n) is 13.8. The maximum atomic E-state index is 13.9. The Balaban J connectivity index is 1.55. The third-order valence-corrected chi connectivity index (χ3v) is 4.82. The van der Waals surface area contributed by atoms with Crippen LogP contribution in [0, 0.1) is 17.1 Å². The van der Waals surface area contributed by atoms with Crippen LogP contribution in [-0.2, 0) is 0 Å². The van der Waals surface area contributed by atoms with Crippen molar-refractivity contribution in [3.05, 3.63) is 48.2 Å². The molecule has 6 nitrogen and oxygen atoms in total. The molecule has 3 aromatic rings. The van der Waals surface area contributed by atoms with Crippen molar-refractivity contribution in [1.29, 1.82) is 5.26 Å². The molecule has 25 heavy (non-hydrogen) atoms. The summed E-state index contributed by atoms with van der Waals surface area (Å²) in [6.45, 7) is 1.61. The van der Waals surface area contributed by atoms with Crippen molar-refractivity contribution in [3.8, 4) is 6.07 Å². The fourth-order valence-corrected chi connectivity index (χ4v) is 3.40. The van der Waals surface area contributed by atoms with Gasteiger partial charge in [-0.3, -0.25) is 0 Å². The molecule has 1 aromatic carbocycles. The summed E-state index contributed by atoms with van der Waals surface area (Å²) in [5.41, 5.74) is 1.70. The summed E-state index contributed by atoms with van der Waals surface area (Å²) in [6, 6.07) is 8.89. The fourth-order valence-electron chi connectivity index (χ4n) is 3.40. The van der Waals surface area contributed by atoms with E-state index in [1.54, 1.807) is 12.4 Å². The van der Waals surface area contributed by atoms with Gasteiger partial charge in [-0.15, -0.1) is 0 Å². The Morgan fingerprint density at radius 1 is 1.36 bits per heavy atom. The van der Waals surface area contributed by atoms with Crippen LogP contribution in [0.25, 0.3) is 11.0 Å². The Morgan fingerprint density at radius 3 is 3.04 bits per heavy atom. The molecule has 1 aliphatic heterocycles. The second-order valence-electron chi connectivity index (χ2n) is 6.21. The molecule has 4 rings (SSSR count). The molecular weight excluding hydrogens is 319 g/mol. The van der Waals surface area contributed by atoms with E-state index in [9.17, 15) is 4.39 Å². The quantitative estimate of drug-likeness (QED) is 0.796. The highest BCUT2D eigenvalue weighted by Crippen LogP contribution is 2.28. The van der Waals surface area contributed by atoms with E-state index in [-0.39, 0.29) is 11.6 Å². The first-order valence-corrected chi connectivity index (χ1v) is 8.13. The Labute approximate surface area is 144 Å². The molecule has 126 valence electrons. The topological polar surface area (TPSA) is 71.8 Å². The average molecular weight is 336 g/mol. The highest BCUT2D eigenvalue weighted by Gasteiger charge is 2.28. The number of hydrogen-bond donors (Lipinski definition) is 1. The zero-order valence-corrected chi connectivity index (χ0v) is 13.8. The van der Waals surface area contributed by atoms with Gasteiger partial charge in [0.15, 0.2) is 0 Å². The molecule has 0 unspecified atom stereocenters. The van der Waals surface area contributed by atoms with Gasteiger partial charge in [0.2, 0.25) is 0 Å². The summed E-state index contributed by atoms with van der Waals surface area (Å²) in [7, 11) is 2.03. The monoisotopic (exact) mass is 336 g/mol. The highest BCUT2D eigenvalue weighted by molar-refractivity contribution is 5.87. The van der Waals surface area contributed by atoms with E-state index in [2.05, 4.69) is 24.8 Å². The van der Waals surface area contributed by atoms with Crippen molar-refractivity contribution in [2.24, 2.45) is 0 Å². The van der Waals surface area contributed by atoms with Crippen LogP contribution < -0.4 is 9.80 Å². The third-order valence-electron chi connectivity index (χ3n) is 4.82. The number of benzene rings is 1. The molecule has 1 fully saturated rings. The molecule has 1 atom stereocenters. The second-order valence-corrected chi connectivity index (χ2v) is 6.21. The smallest absolute Gasteiger partial charge is 0.143 e. The van der Waals surface area contributed by atoms with Crippen LogP contribution in [0.1, 0.15) is 12.0 Å². The number of aromatic amines is 1. The minimum absolute atomic E-state index is 0.0763. The maximum Gasteiger partial charge on any atom is 0.143 e. The molecule has 0 radical (unpaired) electrons. The zero-order chi connectivity index (χ0) is 17.4. The van der Waals surface area contributed by atoms with Crippen LogP contribution in [0.5, 0.6) is 0 Å². The van der Waals surface area contributed by atoms with Crippen molar-refractivity contribution in [1.82, 2.24) is 15.0 Å². The van der Waals surface area contributed by atoms with Crippen LogP contribution in [0.2, 0.25) is 0 Å². The van der Waals surface area contributed by atoms with Crippen molar-refractivity contribution >= 4 is 22.5 Å². The summed E-state index contributed by atoms with van der Waals surface area (Å²) in [4.78, 5) is 16.1. The highest BCUT2D eigenvalue weighted by atomic mass is 19.1. The van der Waals surface area contributed by atoms with Crippen LogP contribution >= 0.6 is 0 Å².